The molecule has 4 heteroatoms. The van der Waals surface area contributed by atoms with E-state index in [4.69, 9.17) is 14.2 Å². The summed E-state index contributed by atoms with van der Waals surface area (Å²) in [5.74, 6) is 1.65. The van der Waals surface area contributed by atoms with Crippen molar-refractivity contribution in [2.45, 2.75) is 25.2 Å². The van der Waals surface area contributed by atoms with Gasteiger partial charge in [-0.1, -0.05) is 48.6 Å². The van der Waals surface area contributed by atoms with E-state index < -0.39 is 5.41 Å². The molecule has 0 spiro atoms. The minimum absolute atomic E-state index is 0.604. The van der Waals surface area contributed by atoms with Gasteiger partial charge in [0.2, 0.25) is 5.41 Å². The lowest BCUT2D eigenvalue weighted by Gasteiger charge is -2.32. The van der Waals surface area contributed by atoms with Crippen LogP contribution >= 0.6 is 0 Å². The van der Waals surface area contributed by atoms with Crippen molar-refractivity contribution in [1.29, 1.82) is 0 Å². The molecule has 24 heavy (non-hydrogen) atoms. The molecule has 2 rings (SSSR count). The summed E-state index contributed by atoms with van der Waals surface area (Å²) < 4.78 is 18.0. The summed E-state index contributed by atoms with van der Waals surface area (Å²) in [5, 5.41) is 0. The van der Waals surface area contributed by atoms with Gasteiger partial charge in [-0.2, -0.15) is 0 Å². The first-order valence-corrected chi connectivity index (χ1v) is 9.28. The Balaban J connectivity index is 1.98. The molecule has 0 atom stereocenters. The van der Waals surface area contributed by atoms with Crippen LogP contribution in [0.2, 0.25) is 0 Å². The molecular formula is C20H26O3Si. The first-order valence-electron chi connectivity index (χ1n) is 8.28. The van der Waals surface area contributed by atoms with Crippen LogP contribution in [0.3, 0.4) is 0 Å². The lowest BCUT2D eigenvalue weighted by Crippen LogP contribution is -2.43. The van der Waals surface area contributed by atoms with Gasteiger partial charge in [-0.25, -0.2) is 0 Å². The molecule has 0 aromatic heterocycles. The molecule has 0 aliphatic carbocycles. The molecule has 0 amide bonds. The minimum atomic E-state index is -0.616. The van der Waals surface area contributed by atoms with Crippen molar-refractivity contribution in [3.63, 3.8) is 0 Å². The number of hydrogen-bond donors (Lipinski definition) is 0. The highest BCUT2D eigenvalue weighted by Crippen LogP contribution is 2.24. The summed E-state index contributed by atoms with van der Waals surface area (Å²) in [4.78, 5) is 0. The Morgan fingerprint density at radius 1 is 0.958 bits per heavy atom. The van der Waals surface area contributed by atoms with E-state index in [1.165, 1.54) is 0 Å². The zero-order valence-electron chi connectivity index (χ0n) is 14.5. The molecule has 0 saturated carbocycles. The van der Waals surface area contributed by atoms with Gasteiger partial charge in [-0.15, -0.1) is 0 Å². The second kappa shape index (κ2) is 9.30. The number of para-hydroxylation sites is 2. The third-order valence-electron chi connectivity index (χ3n) is 3.42. The van der Waals surface area contributed by atoms with Gasteiger partial charge < -0.3 is 14.2 Å². The van der Waals surface area contributed by atoms with Gasteiger partial charge in [0.15, 0.2) is 0 Å². The molecule has 3 nitrogen and oxygen atoms in total. The second-order valence-electron chi connectivity index (χ2n) is 6.08. The fourth-order valence-electron chi connectivity index (χ4n) is 2.34. The Bertz CT molecular complexity index is 572. The van der Waals surface area contributed by atoms with Crippen LogP contribution in [0.5, 0.6) is 11.5 Å². The predicted molar refractivity (Wildman–Crippen MR) is 102 cm³/mol. The van der Waals surface area contributed by atoms with E-state index >= 15 is 0 Å². The summed E-state index contributed by atoms with van der Waals surface area (Å²) >= 11 is 0. The molecule has 0 radical (unpaired) electrons. The topological polar surface area (TPSA) is 27.7 Å². The summed E-state index contributed by atoms with van der Waals surface area (Å²) in [6.07, 6.45) is 1.65. The zero-order valence-corrected chi connectivity index (χ0v) is 16.5. The standard InChI is InChI=1S/C20H26O3Si/c1-17(2)16-21-15-9-14-20(24,22-18-10-5-3-6-11-18)23-19-12-7-4-8-13-19/h3-8,10-13H,1,9,14-16H2,2,24H3. The lowest BCUT2D eigenvalue weighted by atomic mass is 10.3. The van der Waals surface area contributed by atoms with Gasteiger partial charge in [-0.3, -0.25) is 0 Å². The van der Waals surface area contributed by atoms with E-state index in [0.717, 1.165) is 40.2 Å². The lowest BCUT2D eigenvalue weighted by molar-refractivity contribution is -0.0498. The summed E-state index contributed by atoms with van der Waals surface area (Å²) in [7, 11) is 0.736. The molecule has 0 fully saturated rings. The Morgan fingerprint density at radius 2 is 1.46 bits per heavy atom. The van der Waals surface area contributed by atoms with Crippen LogP contribution in [0.1, 0.15) is 19.8 Å². The summed E-state index contributed by atoms with van der Waals surface area (Å²) in [6.45, 7) is 7.09. The molecule has 0 bridgehead atoms. The molecule has 0 N–H and O–H groups in total. The number of benzene rings is 2. The number of hydrogen-bond acceptors (Lipinski definition) is 3. The van der Waals surface area contributed by atoms with Crippen LogP contribution in [0.25, 0.3) is 0 Å². The second-order valence-corrected chi connectivity index (χ2v) is 7.60. The van der Waals surface area contributed by atoms with Gasteiger partial charge >= 0.3 is 0 Å². The van der Waals surface area contributed by atoms with Crippen LogP contribution in [-0.2, 0) is 4.74 Å². The number of rotatable bonds is 10. The molecule has 0 aliphatic heterocycles. The van der Waals surface area contributed by atoms with Crippen molar-refractivity contribution in [3.05, 3.63) is 72.8 Å². The van der Waals surface area contributed by atoms with E-state index in [9.17, 15) is 0 Å². The fraction of sp³-hybridized carbons (Fsp3) is 0.300. The van der Waals surface area contributed by atoms with Crippen molar-refractivity contribution in [1.82, 2.24) is 0 Å². The Hall–Kier alpha value is -2.04. The molecule has 0 heterocycles. The highest BCUT2D eigenvalue weighted by Gasteiger charge is 2.28. The highest BCUT2D eigenvalue weighted by atomic mass is 28.1. The summed E-state index contributed by atoms with van der Waals surface area (Å²) in [5.41, 5.74) is 0.420. The van der Waals surface area contributed by atoms with Crippen LogP contribution < -0.4 is 9.47 Å². The fourth-order valence-corrected chi connectivity index (χ4v) is 3.17. The predicted octanol–water partition coefficient (Wildman–Crippen LogP) is 3.54. The van der Waals surface area contributed by atoms with Crippen LogP contribution in [0, 0.1) is 0 Å². The normalized spacial score (nSPS) is 11.2. The van der Waals surface area contributed by atoms with Crippen molar-refractivity contribution >= 4 is 10.2 Å². The molecule has 0 saturated heterocycles. The van der Waals surface area contributed by atoms with Gasteiger partial charge in [0, 0.05) is 13.0 Å². The maximum atomic E-state index is 6.20. The average Bonchev–Trinajstić information content (AvgIpc) is 2.56. The summed E-state index contributed by atoms with van der Waals surface area (Å²) in [6, 6.07) is 19.7. The maximum absolute atomic E-state index is 6.20. The van der Waals surface area contributed by atoms with Gasteiger partial charge in [-0.05, 0) is 37.6 Å². The van der Waals surface area contributed by atoms with Gasteiger partial charge in [0.25, 0.3) is 0 Å². The van der Waals surface area contributed by atoms with Crippen LogP contribution in [0.4, 0.5) is 0 Å². The van der Waals surface area contributed by atoms with E-state index in [0.29, 0.717) is 13.2 Å². The van der Waals surface area contributed by atoms with E-state index in [1.807, 2.05) is 67.6 Å². The largest absolute Gasteiger partial charge is 0.458 e. The molecular weight excluding hydrogens is 316 g/mol. The van der Waals surface area contributed by atoms with Crippen molar-refractivity contribution in [2.24, 2.45) is 0 Å². The first-order chi connectivity index (χ1) is 11.6. The third kappa shape index (κ3) is 6.60. The van der Waals surface area contributed by atoms with E-state index in [-0.39, 0.29) is 0 Å². The smallest absolute Gasteiger partial charge is 0.219 e. The molecule has 2 aromatic rings. The number of ether oxygens (including phenoxy) is 3. The van der Waals surface area contributed by atoms with Crippen LogP contribution in [-0.4, -0.2) is 28.9 Å². The SMILES string of the molecule is C=C(C)COCCCC([SiH3])(Oc1ccccc1)Oc1ccccc1. The first kappa shape index (κ1) is 18.3. The van der Waals surface area contributed by atoms with Gasteiger partial charge in [0.1, 0.15) is 21.7 Å². The molecule has 0 unspecified atom stereocenters. The third-order valence-corrected chi connectivity index (χ3v) is 4.33. The van der Waals surface area contributed by atoms with E-state index in [1.54, 1.807) is 0 Å². The monoisotopic (exact) mass is 342 g/mol. The zero-order chi connectivity index (χ0) is 17.3. The molecule has 0 aliphatic rings. The molecule has 2 aromatic carbocycles. The van der Waals surface area contributed by atoms with E-state index in [2.05, 4.69) is 6.58 Å². The van der Waals surface area contributed by atoms with Crippen molar-refractivity contribution in [3.8, 4) is 11.5 Å². The Kier molecular flexibility index (Phi) is 7.09. The Labute approximate surface area is 147 Å². The minimum Gasteiger partial charge on any atom is -0.458 e. The highest BCUT2D eigenvalue weighted by molar-refractivity contribution is 6.13. The van der Waals surface area contributed by atoms with Crippen LogP contribution in [0.15, 0.2) is 72.8 Å². The average molecular weight is 343 g/mol. The van der Waals surface area contributed by atoms with Gasteiger partial charge in [0.05, 0.1) is 6.61 Å². The maximum Gasteiger partial charge on any atom is 0.219 e. The quantitative estimate of drug-likeness (QED) is 0.286. The molecule has 128 valence electrons. The Morgan fingerprint density at radius 3 is 1.92 bits per heavy atom. The van der Waals surface area contributed by atoms with Crippen molar-refractivity contribution < 1.29 is 14.2 Å². The van der Waals surface area contributed by atoms with Crippen molar-refractivity contribution in [2.75, 3.05) is 13.2 Å².